The number of phenols is 1. The number of phenolic OH excluding ortho intramolecular Hbond substituents is 1. The number of nitrogens with one attached hydrogen (secondary N) is 1. The predicted molar refractivity (Wildman–Crippen MR) is 84.2 cm³/mol. The third-order valence-corrected chi connectivity index (χ3v) is 2.73. The van der Waals surface area contributed by atoms with Gasteiger partial charge in [0.1, 0.15) is 0 Å². The molecule has 2 aromatic rings. The second-order valence-electron chi connectivity index (χ2n) is 4.22. The molecular weight excluding hydrogens is 302 g/mol. The van der Waals surface area contributed by atoms with Crippen LogP contribution < -0.4 is 10.5 Å². The van der Waals surface area contributed by atoms with Crippen LogP contribution in [0.5, 0.6) is 11.5 Å². The molecule has 0 aliphatic carbocycles. The van der Waals surface area contributed by atoms with E-state index in [9.17, 15) is 20.0 Å². The zero-order valence-electron chi connectivity index (χ0n) is 12.2. The second-order valence-corrected chi connectivity index (χ2v) is 4.22. The third-order valence-electron chi connectivity index (χ3n) is 2.73. The van der Waals surface area contributed by atoms with Crippen molar-refractivity contribution in [1.29, 1.82) is 5.41 Å². The van der Waals surface area contributed by atoms with Gasteiger partial charge in [-0.3, -0.25) is 14.9 Å². The number of primary amides is 1. The van der Waals surface area contributed by atoms with Crippen LogP contribution in [0.25, 0.3) is 0 Å². The topological polar surface area (TPSA) is 140 Å². The zero-order chi connectivity index (χ0) is 17.4. The first-order chi connectivity index (χ1) is 10.9. The van der Waals surface area contributed by atoms with Crippen molar-refractivity contribution in [3.05, 3.63) is 63.7 Å². The van der Waals surface area contributed by atoms with Crippen LogP contribution in [0.15, 0.2) is 42.5 Å². The lowest BCUT2D eigenvalue weighted by Gasteiger charge is -2.04. The average Bonchev–Trinajstić information content (AvgIpc) is 2.56. The maximum absolute atomic E-state index is 10.4. The molecule has 0 radical (unpaired) electrons. The van der Waals surface area contributed by atoms with Gasteiger partial charge >= 0.3 is 0 Å². The fourth-order valence-electron chi connectivity index (χ4n) is 1.59. The van der Waals surface area contributed by atoms with Crippen molar-refractivity contribution in [3.8, 4) is 11.5 Å². The summed E-state index contributed by atoms with van der Waals surface area (Å²) < 4.78 is 4.72. The molecule has 0 aromatic heterocycles. The van der Waals surface area contributed by atoms with Crippen LogP contribution in [0, 0.1) is 15.5 Å². The minimum absolute atomic E-state index is 0.0160. The van der Waals surface area contributed by atoms with Crippen LogP contribution in [0.2, 0.25) is 0 Å². The van der Waals surface area contributed by atoms with E-state index >= 15 is 0 Å². The van der Waals surface area contributed by atoms with E-state index in [1.54, 1.807) is 24.3 Å². The molecule has 2 rings (SSSR count). The third kappa shape index (κ3) is 4.81. The van der Waals surface area contributed by atoms with Gasteiger partial charge in [0.2, 0.25) is 5.91 Å². The molecule has 0 fully saturated rings. The van der Waals surface area contributed by atoms with Gasteiger partial charge in [0.05, 0.1) is 18.1 Å². The first kappa shape index (κ1) is 17.6. The van der Waals surface area contributed by atoms with Crippen LogP contribution in [-0.2, 0) is 0 Å². The molecule has 0 spiro atoms. The summed E-state index contributed by atoms with van der Waals surface area (Å²) in [4.78, 5) is 20.2. The fraction of sp³-hybridized carbons (Fsp3) is 0.0667. The Bertz CT molecular complexity index is 717. The predicted octanol–water partition coefficient (Wildman–Crippen LogP) is 2.09. The Morgan fingerprint density at radius 1 is 1.35 bits per heavy atom. The molecule has 0 saturated heterocycles. The van der Waals surface area contributed by atoms with Crippen molar-refractivity contribution in [3.63, 3.8) is 0 Å². The number of aromatic hydroxyl groups is 1. The number of hydrogen-bond acceptors (Lipinski definition) is 6. The van der Waals surface area contributed by atoms with E-state index in [4.69, 9.17) is 15.9 Å². The van der Waals surface area contributed by atoms with E-state index < -0.39 is 4.92 Å². The number of amides is 1. The minimum atomic E-state index is -0.616. The number of nitro benzene ring substituents is 1. The van der Waals surface area contributed by atoms with Gasteiger partial charge < -0.3 is 21.0 Å². The maximum Gasteiger partial charge on any atom is 0.274 e. The smallest absolute Gasteiger partial charge is 0.274 e. The lowest BCUT2D eigenvalue weighted by atomic mass is 10.2. The van der Waals surface area contributed by atoms with Crippen molar-refractivity contribution in [2.24, 2.45) is 5.73 Å². The van der Waals surface area contributed by atoms with Crippen molar-refractivity contribution in [1.82, 2.24) is 0 Å². The van der Waals surface area contributed by atoms with Gasteiger partial charge in [-0.25, -0.2) is 0 Å². The second kappa shape index (κ2) is 8.13. The average molecular weight is 317 g/mol. The lowest BCUT2D eigenvalue weighted by molar-refractivity contribution is -0.385. The number of carbonyl (C=O) groups excluding carboxylic acids is 1. The van der Waals surface area contributed by atoms with Crippen molar-refractivity contribution >= 4 is 17.8 Å². The van der Waals surface area contributed by atoms with Gasteiger partial charge in [0.25, 0.3) is 5.69 Å². The zero-order valence-corrected chi connectivity index (χ0v) is 12.2. The van der Waals surface area contributed by atoms with Gasteiger partial charge in [-0.05, 0) is 12.1 Å². The number of nitrogens with two attached hydrogens (primary N) is 1. The van der Waals surface area contributed by atoms with E-state index in [-0.39, 0.29) is 28.7 Å². The maximum atomic E-state index is 10.4. The minimum Gasteiger partial charge on any atom is -0.504 e. The standard InChI is InChI=1S/C8H8N2O4.C7H7NO/c1-14-7-3-6(10(12)13)2-5(4-9)8(7)11;8-7(9)6-4-2-1-3-5-6/h2-4,9,11H,1H3;1-5H,(H2,8,9). The summed E-state index contributed by atoms with van der Waals surface area (Å²) in [5.74, 6) is -0.665. The Morgan fingerprint density at radius 3 is 2.35 bits per heavy atom. The molecule has 120 valence electrons. The summed E-state index contributed by atoms with van der Waals surface area (Å²) in [7, 11) is 1.28. The number of rotatable bonds is 4. The van der Waals surface area contributed by atoms with E-state index in [2.05, 4.69) is 0 Å². The van der Waals surface area contributed by atoms with Crippen molar-refractivity contribution in [2.45, 2.75) is 0 Å². The molecule has 23 heavy (non-hydrogen) atoms. The van der Waals surface area contributed by atoms with E-state index in [0.717, 1.165) is 18.3 Å². The van der Waals surface area contributed by atoms with Crippen molar-refractivity contribution in [2.75, 3.05) is 7.11 Å². The normalized spacial score (nSPS) is 9.26. The van der Waals surface area contributed by atoms with Crippen LogP contribution >= 0.6 is 0 Å². The van der Waals surface area contributed by atoms with Gasteiger partial charge in [0, 0.05) is 23.4 Å². The molecule has 0 atom stereocenters. The molecule has 0 bridgehead atoms. The number of non-ortho nitro benzene ring substituents is 1. The van der Waals surface area contributed by atoms with E-state index in [0.29, 0.717) is 5.56 Å². The Balaban J connectivity index is 0.000000253. The Labute approximate surface area is 131 Å². The monoisotopic (exact) mass is 317 g/mol. The molecule has 0 aliphatic heterocycles. The molecule has 8 heteroatoms. The van der Waals surface area contributed by atoms with Crippen LogP contribution in [0.4, 0.5) is 5.69 Å². The fourth-order valence-corrected chi connectivity index (χ4v) is 1.59. The summed E-state index contributed by atoms with van der Waals surface area (Å²) in [6, 6.07) is 11.0. The number of nitro groups is 1. The molecule has 4 N–H and O–H groups in total. The number of carbonyl (C=O) groups is 1. The quantitative estimate of drug-likeness (QED) is 0.450. The largest absolute Gasteiger partial charge is 0.504 e. The van der Waals surface area contributed by atoms with Crippen LogP contribution in [0.3, 0.4) is 0 Å². The van der Waals surface area contributed by atoms with E-state index in [1.165, 1.54) is 7.11 Å². The lowest BCUT2D eigenvalue weighted by Crippen LogP contribution is -2.09. The summed E-state index contributed by atoms with van der Waals surface area (Å²) in [6.07, 6.45) is 0.824. The van der Waals surface area contributed by atoms with Crippen molar-refractivity contribution < 1.29 is 19.6 Å². The number of methoxy groups -OCH3 is 1. The molecule has 0 heterocycles. The van der Waals surface area contributed by atoms with Gasteiger partial charge in [-0.2, -0.15) is 0 Å². The number of ether oxygens (including phenoxy) is 1. The summed E-state index contributed by atoms with van der Waals surface area (Å²) in [5.41, 5.74) is 5.36. The molecule has 8 nitrogen and oxygen atoms in total. The molecule has 1 amide bonds. The summed E-state index contributed by atoms with van der Waals surface area (Å²) in [5, 5.41) is 26.8. The molecule has 0 aliphatic rings. The van der Waals surface area contributed by atoms with Crippen LogP contribution in [0.1, 0.15) is 15.9 Å². The van der Waals surface area contributed by atoms with Gasteiger partial charge in [-0.15, -0.1) is 0 Å². The number of benzene rings is 2. The Kier molecular flexibility index (Phi) is 6.23. The highest BCUT2D eigenvalue weighted by molar-refractivity contribution is 5.92. The highest BCUT2D eigenvalue weighted by Gasteiger charge is 2.15. The van der Waals surface area contributed by atoms with E-state index in [1.807, 2.05) is 6.07 Å². The molecule has 0 saturated carbocycles. The summed E-state index contributed by atoms with van der Waals surface area (Å²) in [6.45, 7) is 0. The van der Waals surface area contributed by atoms with Crippen LogP contribution in [-0.4, -0.2) is 29.3 Å². The number of hydrogen-bond donors (Lipinski definition) is 3. The molecule has 2 aromatic carbocycles. The van der Waals surface area contributed by atoms with Gasteiger partial charge in [0.15, 0.2) is 11.5 Å². The first-order valence-corrected chi connectivity index (χ1v) is 6.31. The Morgan fingerprint density at radius 2 is 1.96 bits per heavy atom. The first-order valence-electron chi connectivity index (χ1n) is 6.31. The number of nitrogens with zero attached hydrogens (tertiary/aromatic N) is 1. The molecule has 0 unspecified atom stereocenters. The molecular formula is C15H15N3O5. The highest BCUT2D eigenvalue weighted by atomic mass is 16.6. The highest BCUT2D eigenvalue weighted by Crippen LogP contribution is 2.33. The SMILES string of the molecule is COc1cc([N+](=O)[O-])cc(C=N)c1O.NC(=O)c1ccccc1. The summed E-state index contributed by atoms with van der Waals surface area (Å²) >= 11 is 0. The van der Waals surface area contributed by atoms with Gasteiger partial charge in [-0.1, -0.05) is 18.2 Å². The Hall–Kier alpha value is -3.42.